The molecule has 2 aromatic heterocycles. The first kappa shape index (κ1) is 9.66. The summed E-state index contributed by atoms with van der Waals surface area (Å²) in [6.45, 7) is 0.978. The monoisotopic (exact) mass is 231 g/mol. The van der Waals surface area contributed by atoms with Gasteiger partial charge in [-0.2, -0.15) is 0 Å². The topological polar surface area (TPSA) is 37.0 Å². The molecule has 16 heavy (non-hydrogen) atoms. The highest BCUT2D eigenvalue weighted by Crippen LogP contribution is 2.30. The molecule has 1 aliphatic heterocycles. The molecule has 0 saturated heterocycles. The number of nitrogens with one attached hydrogen (secondary N) is 2. The van der Waals surface area contributed by atoms with E-state index in [0.717, 1.165) is 13.0 Å². The van der Waals surface area contributed by atoms with Crippen molar-refractivity contribution in [2.75, 3.05) is 17.2 Å². The van der Waals surface area contributed by atoms with Gasteiger partial charge in [-0.25, -0.2) is 0 Å². The van der Waals surface area contributed by atoms with E-state index in [2.05, 4.69) is 38.5 Å². The van der Waals surface area contributed by atoms with Gasteiger partial charge in [-0.05, 0) is 24.1 Å². The second-order valence-electron chi connectivity index (χ2n) is 3.98. The molecule has 0 aromatic carbocycles. The summed E-state index contributed by atoms with van der Waals surface area (Å²) in [7, 11) is 0. The molecule has 82 valence electrons. The van der Waals surface area contributed by atoms with Crippen LogP contribution in [0.2, 0.25) is 0 Å². The molecule has 0 radical (unpaired) electrons. The van der Waals surface area contributed by atoms with Crippen LogP contribution in [0.1, 0.15) is 5.56 Å². The largest absolute Gasteiger partial charge is 0.381 e. The summed E-state index contributed by atoms with van der Waals surface area (Å²) in [5.41, 5.74) is 3.79. The molecule has 0 fully saturated rings. The van der Waals surface area contributed by atoms with Gasteiger partial charge in [0.2, 0.25) is 0 Å². The van der Waals surface area contributed by atoms with Crippen molar-refractivity contribution in [2.24, 2.45) is 0 Å². The second-order valence-corrected chi connectivity index (χ2v) is 4.72. The highest BCUT2D eigenvalue weighted by Gasteiger charge is 2.17. The molecule has 3 heterocycles. The highest BCUT2D eigenvalue weighted by atomic mass is 32.1. The molecule has 2 aromatic rings. The van der Waals surface area contributed by atoms with Gasteiger partial charge in [0.05, 0.1) is 11.4 Å². The molecule has 0 bridgehead atoms. The number of aromatic nitrogens is 1. The fraction of sp³-hybridized carbons (Fsp3) is 0.250. The van der Waals surface area contributed by atoms with Gasteiger partial charge in [-0.3, -0.25) is 4.98 Å². The van der Waals surface area contributed by atoms with Crippen molar-refractivity contribution < 1.29 is 0 Å². The average Bonchev–Trinajstić information content (AvgIpc) is 2.77. The van der Waals surface area contributed by atoms with Crippen LogP contribution in [0.25, 0.3) is 0 Å². The van der Waals surface area contributed by atoms with Gasteiger partial charge in [0.25, 0.3) is 0 Å². The quantitative estimate of drug-likeness (QED) is 0.834. The summed E-state index contributed by atoms with van der Waals surface area (Å²) in [4.78, 5) is 4.03. The smallest absolute Gasteiger partial charge is 0.0687 e. The molecule has 1 aliphatic rings. The zero-order valence-corrected chi connectivity index (χ0v) is 9.63. The van der Waals surface area contributed by atoms with Crippen LogP contribution in [0.3, 0.4) is 0 Å². The van der Waals surface area contributed by atoms with Crippen LogP contribution in [0.15, 0.2) is 35.3 Å². The molecule has 1 unspecified atom stereocenters. The molecular formula is C12H13N3S. The summed E-state index contributed by atoms with van der Waals surface area (Å²) in [6.07, 6.45) is 4.73. The third-order valence-corrected chi connectivity index (χ3v) is 3.54. The van der Waals surface area contributed by atoms with Crippen molar-refractivity contribution in [3.8, 4) is 0 Å². The molecule has 3 nitrogen and oxygen atoms in total. The Hall–Kier alpha value is -1.55. The summed E-state index contributed by atoms with van der Waals surface area (Å²) in [5, 5.41) is 11.3. The second kappa shape index (κ2) is 4.14. The lowest BCUT2D eigenvalue weighted by atomic mass is 10.1. The SMILES string of the molecule is c1cc(CC2CNc3cscc3N2)ccn1. The first-order valence-electron chi connectivity index (χ1n) is 5.37. The van der Waals surface area contributed by atoms with Crippen molar-refractivity contribution >= 4 is 22.7 Å². The number of rotatable bonds is 2. The van der Waals surface area contributed by atoms with Crippen LogP contribution in [-0.4, -0.2) is 17.6 Å². The first-order chi connectivity index (χ1) is 7.92. The Labute approximate surface area is 98.5 Å². The predicted molar refractivity (Wildman–Crippen MR) is 68.2 cm³/mol. The van der Waals surface area contributed by atoms with Crippen molar-refractivity contribution in [1.29, 1.82) is 0 Å². The van der Waals surface area contributed by atoms with E-state index < -0.39 is 0 Å². The minimum Gasteiger partial charge on any atom is -0.381 e. The fourth-order valence-corrected chi connectivity index (χ4v) is 2.72. The van der Waals surface area contributed by atoms with E-state index in [1.165, 1.54) is 16.9 Å². The van der Waals surface area contributed by atoms with Crippen molar-refractivity contribution in [2.45, 2.75) is 12.5 Å². The van der Waals surface area contributed by atoms with Crippen LogP contribution in [0.5, 0.6) is 0 Å². The van der Waals surface area contributed by atoms with Crippen LogP contribution in [-0.2, 0) is 6.42 Å². The molecule has 4 heteroatoms. The van der Waals surface area contributed by atoms with Crippen molar-refractivity contribution in [3.05, 3.63) is 40.8 Å². The Kier molecular flexibility index (Phi) is 2.50. The lowest BCUT2D eigenvalue weighted by molar-refractivity contribution is 0.735. The summed E-state index contributed by atoms with van der Waals surface area (Å²) in [5.74, 6) is 0. The van der Waals surface area contributed by atoms with Gasteiger partial charge in [-0.1, -0.05) is 0 Å². The zero-order chi connectivity index (χ0) is 10.8. The number of anilines is 2. The normalized spacial score (nSPS) is 18.4. The Morgan fingerprint density at radius 1 is 1.25 bits per heavy atom. The van der Waals surface area contributed by atoms with Gasteiger partial charge in [0.15, 0.2) is 0 Å². The molecule has 0 spiro atoms. The van der Waals surface area contributed by atoms with E-state index >= 15 is 0 Å². The minimum absolute atomic E-state index is 0.462. The summed E-state index contributed by atoms with van der Waals surface area (Å²) >= 11 is 1.73. The molecule has 0 aliphatic carbocycles. The van der Waals surface area contributed by atoms with Crippen LogP contribution < -0.4 is 10.6 Å². The molecule has 3 rings (SSSR count). The highest BCUT2D eigenvalue weighted by molar-refractivity contribution is 7.09. The number of pyridine rings is 1. The number of hydrogen-bond acceptors (Lipinski definition) is 4. The summed E-state index contributed by atoms with van der Waals surface area (Å²) in [6, 6.07) is 4.61. The standard InChI is InChI=1S/C12H13N3S/c1-3-13-4-2-9(1)5-10-6-14-11-7-16-8-12(11)15-10/h1-4,7-8,10,14-15H,5-6H2. The fourth-order valence-electron chi connectivity index (χ4n) is 1.98. The lowest BCUT2D eigenvalue weighted by Crippen LogP contribution is -2.34. The maximum Gasteiger partial charge on any atom is 0.0687 e. The van der Waals surface area contributed by atoms with Gasteiger partial charge < -0.3 is 10.6 Å². The number of fused-ring (bicyclic) bond motifs is 1. The Bertz CT molecular complexity index is 466. The average molecular weight is 231 g/mol. The zero-order valence-electron chi connectivity index (χ0n) is 8.81. The van der Waals surface area contributed by atoms with Crippen molar-refractivity contribution in [1.82, 2.24) is 4.98 Å². The Morgan fingerprint density at radius 2 is 2.06 bits per heavy atom. The van der Waals surface area contributed by atoms with Gasteiger partial charge in [0.1, 0.15) is 0 Å². The minimum atomic E-state index is 0.462. The van der Waals surface area contributed by atoms with Gasteiger partial charge in [-0.15, -0.1) is 11.3 Å². The number of nitrogens with zero attached hydrogens (tertiary/aromatic N) is 1. The lowest BCUT2D eigenvalue weighted by Gasteiger charge is -2.26. The third kappa shape index (κ3) is 1.88. The first-order valence-corrected chi connectivity index (χ1v) is 6.31. The van der Waals surface area contributed by atoms with Gasteiger partial charge >= 0.3 is 0 Å². The van der Waals surface area contributed by atoms with Crippen LogP contribution in [0.4, 0.5) is 11.4 Å². The van der Waals surface area contributed by atoms with Crippen LogP contribution >= 0.6 is 11.3 Å². The Morgan fingerprint density at radius 3 is 2.94 bits per heavy atom. The number of thiophene rings is 1. The molecular weight excluding hydrogens is 218 g/mol. The van der Waals surface area contributed by atoms with Crippen LogP contribution in [0, 0.1) is 0 Å². The van der Waals surface area contributed by atoms with E-state index in [4.69, 9.17) is 0 Å². The maximum absolute atomic E-state index is 4.03. The van der Waals surface area contributed by atoms with E-state index in [-0.39, 0.29) is 0 Å². The van der Waals surface area contributed by atoms with E-state index in [1.807, 2.05) is 12.4 Å². The van der Waals surface area contributed by atoms with Crippen molar-refractivity contribution in [3.63, 3.8) is 0 Å². The maximum atomic E-state index is 4.03. The predicted octanol–water partition coefficient (Wildman–Crippen LogP) is 2.59. The summed E-state index contributed by atoms with van der Waals surface area (Å²) < 4.78 is 0. The van der Waals surface area contributed by atoms with E-state index in [9.17, 15) is 0 Å². The van der Waals surface area contributed by atoms with E-state index in [0.29, 0.717) is 6.04 Å². The molecule has 0 amide bonds. The molecule has 1 atom stereocenters. The molecule has 2 N–H and O–H groups in total. The van der Waals surface area contributed by atoms with Gasteiger partial charge in [0, 0.05) is 35.7 Å². The third-order valence-electron chi connectivity index (χ3n) is 2.79. The molecule has 0 saturated carbocycles. The Balaban J connectivity index is 1.71. The van der Waals surface area contributed by atoms with E-state index in [1.54, 1.807) is 11.3 Å². The number of hydrogen-bond donors (Lipinski definition) is 2.